The molecule has 2 N–H and O–H groups in total. The van der Waals surface area contributed by atoms with Gasteiger partial charge in [0.2, 0.25) is 0 Å². The van der Waals surface area contributed by atoms with Crippen LogP contribution in [-0.2, 0) is 0 Å². The summed E-state index contributed by atoms with van der Waals surface area (Å²) in [6, 6.07) is 0. The molecule has 2 saturated carbocycles. The van der Waals surface area contributed by atoms with E-state index in [1.54, 1.807) is 6.08 Å². The van der Waals surface area contributed by atoms with Gasteiger partial charge >= 0.3 is 0 Å². The summed E-state index contributed by atoms with van der Waals surface area (Å²) >= 11 is 0. The molecule has 0 aromatic carbocycles. The second kappa shape index (κ2) is 5.09. The molecule has 2 aliphatic rings. The average molecular weight is 294 g/mol. The highest BCUT2D eigenvalue weighted by atomic mass is 16.3. The van der Waals surface area contributed by atoms with E-state index in [1.807, 2.05) is 13.8 Å². The number of hydrogen-bond donors (Lipinski definition) is 2. The normalized spacial score (nSPS) is 45.5. The third-order valence-corrected chi connectivity index (χ3v) is 6.82. The Bertz CT molecular complexity index is 408. The van der Waals surface area contributed by atoms with Crippen LogP contribution in [0.1, 0.15) is 73.1 Å². The zero-order chi connectivity index (χ0) is 16.1. The van der Waals surface area contributed by atoms with E-state index in [0.717, 1.165) is 19.3 Å². The van der Waals surface area contributed by atoms with Crippen LogP contribution in [0.25, 0.3) is 0 Å². The summed E-state index contributed by atoms with van der Waals surface area (Å²) < 4.78 is 0. The van der Waals surface area contributed by atoms with Crippen LogP contribution in [0.3, 0.4) is 0 Å². The molecule has 0 aromatic rings. The van der Waals surface area contributed by atoms with Gasteiger partial charge in [0.1, 0.15) is 0 Å². The van der Waals surface area contributed by atoms with E-state index in [2.05, 4.69) is 27.4 Å². The first-order valence-corrected chi connectivity index (χ1v) is 8.53. The van der Waals surface area contributed by atoms with Gasteiger partial charge in [-0.25, -0.2) is 0 Å². The van der Waals surface area contributed by atoms with E-state index in [-0.39, 0.29) is 11.3 Å². The molecule has 0 aromatic heterocycles. The fourth-order valence-electron chi connectivity index (χ4n) is 5.57. The fraction of sp³-hybridized carbons (Fsp3) is 0.895. The van der Waals surface area contributed by atoms with Crippen molar-refractivity contribution in [2.24, 2.45) is 22.7 Å². The monoisotopic (exact) mass is 294 g/mol. The average Bonchev–Trinajstić information content (AvgIpc) is 2.33. The minimum Gasteiger partial charge on any atom is -0.390 e. The Kier molecular flexibility index (Phi) is 4.13. The summed E-state index contributed by atoms with van der Waals surface area (Å²) in [7, 11) is 0. The predicted octanol–water partition coefficient (Wildman–Crippen LogP) is 4.31. The largest absolute Gasteiger partial charge is 0.390 e. The fourth-order valence-corrected chi connectivity index (χ4v) is 5.57. The van der Waals surface area contributed by atoms with E-state index in [9.17, 15) is 10.2 Å². The number of hydrogen-bond acceptors (Lipinski definition) is 2. The van der Waals surface area contributed by atoms with Crippen LogP contribution in [0.15, 0.2) is 12.7 Å². The maximum atomic E-state index is 11.0. The zero-order valence-electron chi connectivity index (χ0n) is 14.6. The first-order valence-electron chi connectivity index (χ1n) is 8.53. The molecule has 0 unspecified atom stereocenters. The van der Waals surface area contributed by atoms with Gasteiger partial charge in [-0.1, -0.05) is 33.3 Å². The van der Waals surface area contributed by atoms with Crippen molar-refractivity contribution < 1.29 is 10.2 Å². The molecule has 2 heteroatoms. The maximum absolute atomic E-state index is 11.0. The van der Waals surface area contributed by atoms with Gasteiger partial charge in [0, 0.05) is 0 Å². The van der Waals surface area contributed by atoms with E-state index in [1.165, 1.54) is 12.8 Å². The lowest BCUT2D eigenvalue weighted by Crippen LogP contribution is -2.58. The topological polar surface area (TPSA) is 40.5 Å². The molecule has 0 aliphatic heterocycles. The lowest BCUT2D eigenvalue weighted by molar-refractivity contribution is -0.180. The first kappa shape index (κ1) is 17.0. The third-order valence-electron chi connectivity index (χ3n) is 6.82. The molecule has 2 aliphatic carbocycles. The van der Waals surface area contributed by atoms with Crippen LogP contribution in [0.4, 0.5) is 0 Å². The molecule has 0 radical (unpaired) electrons. The lowest BCUT2D eigenvalue weighted by atomic mass is 9.44. The van der Waals surface area contributed by atoms with Crippen molar-refractivity contribution in [3.63, 3.8) is 0 Å². The smallest absolute Gasteiger partial charge is 0.0801 e. The molecule has 122 valence electrons. The molecule has 0 heterocycles. The Balaban J connectivity index is 2.39. The molecular weight excluding hydrogens is 260 g/mol. The Morgan fingerprint density at radius 2 is 1.81 bits per heavy atom. The van der Waals surface area contributed by atoms with Crippen molar-refractivity contribution in [1.82, 2.24) is 0 Å². The highest BCUT2D eigenvalue weighted by Gasteiger charge is 2.58. The summed E-state index contributed by atoms with van der Waals surface area (Å²) in [4.78, 5) is 0. The van der Waals surface area contributed by atoms with Gasteiger partial charge in [-0.2, -0.15) is 0 Å². The second-order valence-corrected chi connectivity index (χ2v) is 9.11. The number of fused-ring (bicyclic) bond motifs is 1. The van der Waals surface area contributed by atoms with E-state index >= 15 is 0 Å². The van der Waals surface area contributed by atoms with E-state index in [4.69, 9.17) is 0 Å². The third kappa shape index (κ3) is 2.94. The van der Waals surface area contributed by atoms with Crippen molar-refractivity contribution in [1.29, 1.82) is 0 Å². The molecule has 0 spiro atoms. The summed E-state index contributed by atoms with van der Waals surface area (Å²) in [6.07, 6.45) is 7.84. The van der Waals surface area contributed by atoms with Gasteiger partial charge in [-0.05, 0) is 68.6 Å². The second-order valence-electron chi connectivity index (χ2n) is 9.11. The van der Waals surface area contributed by atoms with E-state index in [0.29, 0.717) is 17.8 Å². The number of rotatable bonds is 3. The molecule has 0 saturated heterocycles. The maximum Gasteiger partial charge on any atom is 0.0801 e. The quantitative estimate of drug-likeness (QED) is 0.762. The molecule has 0 bridgehead atoms. The molecular formula is C19H34O2. The highest BCUT2D eigenvalue weighted by molar-refractivity contribution is 5.10. The van der Waals surface area contributed by atoms with Crippen LogP contribution in [0.5, 0.6) is 0 Å². The molecule has 21 heavy (non-hydrogen) atoms. The van der Waals surface area contributed by atoms with Crippen molar-refractivity contribution in [2.75, 3.05) is 0 Å². The lowest BCUT2D eigenvalue weighted by Gasteiger charge is -2.62. The van der Waals surface area contributed by atoms with Gasteiger partial charge in [0.15, 0.2) is 0 Å². The molecule has 2 fully saturated rings. The summed E-state index contributed by atoms with van der Waals surface area (Å²) in [5.41, 5.74) is -1.15. The molecule has 2 nitrogen and oxygen atoms in total. The van der Waals surface area contributed by atoms with Gasteiger partial charge in [-0.3, -0.25) is 0 Å². The summed E-state index contributed by atoms with van der Waals surface area (Å²) in [5, 5.41) is 21.5. The summed E-state index contributed by atoms with van der Waals surface area (Å²) in [6.45, 7) is 14.7. The van der Waals surface area contributed by atoms with Crippen molar-refractivity contribution in [3.05, 3.63) is 12.7 Å². The predicted molar refractivity (Wildman–Crippen MR) is 88.0 cm³/mol. The van der Waals surface area contributed by atoms with Gasteiger partial charge < -0.3 is 10.2 Å². The highest BCUT2D eigenvalue weighted by Crippen LogP contribution is 2.63. The standard InChI is InChI=1S/C19H34O2/c1-7-17(4,20)13-15-18(5)11-8-10-16(2,3)14(18)9-12-19(15,6)21/h7,14-15,20-21H,1,8-13H2,2-6H3/t14-,15-,17-,18-,19+/m0/s1. The first-order chi connectivity index (χ1) is 9.45. The molecule has 2 rings (SSSR count). The van der Waals surface area contributed by atoms with Crippen LogP contribution in [0, 0.1) is 22.7 Å². The molecule has 0 amide bonds. The van der Waals surface area contributed by atoms with Crippen molar-refractivity contribution in [3.8, 4) is 0 Å². The Morgan fingerprint density at radius 3 is 2.38 bits per heavy atom. The van der Waals surface area contributed by atoms with Crippen LogP contribution in [0.2, 0.25) is 0 Å². The zero-order valence-corrected chi connectivity index (χ0v) is 14.6. The van der Waals surface area contributed by atoms with Gasteiger partial charge in [-0.15, -0.1) is 6.58 Å². The minimum absolute atomic E-state index is 0.108. The molecule has 5 atom stereocenters. The Labute approximate surface area is 130 Å². The number of aliphatic hydroxyl groups is 2. The van der Waals surface area contributed by atoms with Gasteiger partial charge in [0.05, 0.1) is 11.2 Å². The van der Waals surface area contributed by atoms with Crippen molar-refractivity contribution in [2.45, 2.75) is 84.3 Å². The minimum atomic E-state index is -0.902. The van der Waals surface area contributed by atoms with Gasteiger partial charge in [0.25, 0.3) is 0 Å². The van der Waals surface area contributed by atoms with Crippen LogP contribution < -0.4 is 0 Å². The Morgan fingerprint density at radius 1 is 1.19 bits per heavy atom. The summed E-state index contributed by atoms with van der Waals surface area (Å²) in [5.74, 6) is 0.751. The SMILES string of the molecule is C=C[C@](C)(O)C[C@H]1[C@@]2(C)CCCC(C)(C)[C@@H]2CC[C@@]1(C)O. The van der Waals surface area contributed by atoms with Crippen LogP contribution >= 0.6 is 0 Å². The van der Waals surface area contributed by atoms with E-state index < -0.39 is 11.2 Å². The van der Waals surface area contributed by atoms with Crippen molar-refractivity contribution >= 4 is 0 Å². The van der Waals surface area contributed by atoms with Crippen LogP contribution in [-0.4, -0.2) is 21.4 Å². The Hall–Kier alpha value is -0.340.